The van der Waals surface area contributed by atoms with Crippen LogP contribution in [-0.2, 0) is 16.8 Å². The summed E-state index contributed by atoms with van der Waals surface area (Å²) in [7, 11) is 0. The zero-order valence-corrected chi connectivity index (χ0v) is 12.6. The molecule has 4 heteroatoms. The van der Waals surface area contributed by atoms with Crippen molar-refractivity contribution in [3.05, 3.63) is 33.9 Å². The van der Waals surface area contributed by atoms with E-state index >= 15 is 0 Å². The minimum absolute atomic E-state index is 0.143. The molecule has 0 saturated heterocycles. The van der Waals surface area contributed by atoms with Gasteiger partial charge >= 0.3 is 0 Å². The molecule has 1 aliphatic rings. The van der Waals surface area contributed by atoms with Crippen LogP contribution in [0.1, 0.15) is 31.0 Å². The van der Waals surface area contributed by atoms with E-state index in [0.717, 1.165) is 35.1 Å². The summed E-state index contributed by atoms with van der Waals surface area (Å²) in [6.45, 7) is 2.98. The van der Waals surface area contributed by atoms with Gasteiger partial charge in [0.05, 0.1) is 17.8 Å². The van der Waals surface area contributed by atoms with E-state index in [-0.39, 0.29) is 12.2 Å². The second kappa shape index (κ2) is 4.93. The van der Waals surface area contributed by atoms with Crippen LogP contribution in [0.5, 0.6) is 0 Å². The first-order chi connectivity index (χ1) is 9.22. The largest absolute Gasteiger partial charge is 0.396 e. The van der Waals surface area contributed by atoms with Gasteiger partial charge in [0.1, 0.15) is 5.60 Å². The van der Waals surface area contributed by atoms with Gasteiger partial charge in [-0.15, -0.1) is 0 Å². The molecule has 1 aromatic carbocycles. The summed E-state index contributed by atoms with van der Waals surface area (Å²) in [6, 6.07) is 6.26. The van der Waals surface area contributed by atoms with Gasteiger partial charge in [-0.2, -0.15) is 0 Å². The third-order valence-corrected chi connectivity index (χ3v) is 4.82. The Balaban J connectivity index is 2.25. The quantitative estimate of drug-likeness (QED) is 0.908. The number of H-pyrrole nitrogens is 1. The zero-order valence-electron chi connectivity index (χ0n) is 11.0. The molecule has 19 heavy (non-hydrogen) atoms. The number of para-hydroxylation sites is 1. The van der Waals surface area contributed by atoms with Gasteiger partial charge in [-0.05, 0) is 40.4 Å². The maximum atomic E-state index is 9.37. The molecule has 3 nitrogen and oxygen atoms in total. The number of rotatable bonds is 3. The molecular formula is C15H18BrNO2. The molecule has 2 N–H and O–H groups in total. The van der Waals surface area contributed by atoms with E-state index in [2.05, 4.69) is 40.0 Å². The fraction of sp³-hybridized carbons (Fsp3) is 0.467. The average Bonchev–Trinajstić information content (AvgIpc) is 2.81. The molecule has 0 unspecified atom stereocenters. The molecule has 0 amide bonds. The second-order valence-corrected chi connectivity index (χ2v) is 5.92. The van der Waals surface area contributed by atoms with Crippen LogP contribution in [-0.4, -0.2) is 23.3 Å². The number of ether oxygens (including phenoxy) is 1. The average molecular weight is 324 g/mol. The summed E-state index contributed by atoms with van der Waals surface area (Å²) >= 11 is 3.60. The first kappa shape index (κ1) is 13.2. The number of hydrogen-bond acceptors (Lipinski definition) is 2. The lowest BCUT2D eigenvalue weighted by Crippen LogP contribution is -2.36. The van der Waals surface area contributed by atoms with Crippen molar-refractivity contribution in [1.82, 2.24) is 4.98 Å². The summed E-state index contributed by atoms with van der Waals surface area (Å²) in [4.78, 5) is 3.53. The third-order valence-electron chi connectivity index (χ3n) is 4.16. The maximum absolute atomic E-state index is 9.37. The maximum Gasteiger partial charge on any atom is 0.110 e. The molecule has 0 aliphatic carbocycles. The van der Waals surface area contributed by atoms with Crippen molar-refractivity contribution >= 4 is 26.8 Å². The molecule has 0 spiro atoms. The van der Waals surface area contributed by atoms with Gasteiger partial charge < -0.3 is 14.8 Å². The Labute approximate surface area is 121 Å². The summed E-state index contributed by atoms with van der Waals surface area (Å²) in [5.41, 5.74) is 3.27. The van der Waals surface area contributed by atoms with Crippen molar-refractivity contribution < 1.29 is 9.84 Å². The number of benzene rings is 1. The first-order valence-corrected chi connectivity index (χ1v) is 7.55. The van der Waals surface area contributed by atoms with Gasteiger partial charge in [-0.3, -0.25) is 0 Å². The minimum Gasteiger partial charge on any atom is -0.396 e. The molecular weight excluding hydrogens is 306 g/mol. The van der Waals surface area contributed by atoms with Gasteiger partial charge in [0.15, 0.2) is 0 Å². The smallest absolute Gasteiger partial charge is 0.110 e. The Morgan fingerprint density at radius 2 is 2.32 bits per heavy atom. The molecule has 3 rings (SSSR count). The third kappa shape index (κ3) is 1.93. The van der Waals surface area contributed by atoms with Crippen molar-refractivity contribution in [3.63, 3.8) is 0 Å². The Bertz CT molecular complexity index is 607. The predicted octanol–water partition coefficient (Wildman–Crippen LogP) is 3.49. The normalized spacial score (nSPS) is 22.7. The van der Waals surface area contributed by atoms with Crippen LogP contribution in [0, 0.1) is 0 Å². The number of halogens is 1. The first-order valence-electron chi connectivity index (χ1n) is 6.76. The van der Waals surface area contributed by atoms with E-state index in [1.807, 2.05) is 6.07 Å². The standard InChI is InChI=1S/C15H18BrNO2/c1-2-15(7-8-18)14-11(6-9-19-15)10-4-3-5-12(16)13(10)17-14/h3-5,17-18H,2,6-9H2,1H3/t15-/m1/s1. The molecule has 0 bridgehead atoms. The number of aromatic nitrogens is 1. The molecule has 2 heterocycles. The highest BCUT2D eigenvalue weighted by Gasteiger charge is 2.38. The molecule has 1 aliphatic heterocycles. The van der Waals surface area contributed by atoms with E-state index < -0.39 is 0 Å². The lowest BCUT2D eigenvalue weighted by atomic mass is 9.86. The zero-order chi connectivity index (χ0) is 13.5. The lowest BCUT2D eigenvalue weighted by Gasteiger charge is -2.36. The topological polar surface area (TPSA) is 45.2 Å². The fourth-order valence-electron chi connectivity index (χ4n) is 3.14. The number of aromatic amines is 1. The predicted molar refractivity (Wildman–Crippen MR) is 79.3 cm³/mol. The molecule has 1 atom stereocenters. The Morgan fingerprint density at radius 1 is 1.47 bits per heavy atom. The van der Waals surface area contributed by atoms with E-state index in [4.69, 9.17) is 4.74 Å². The van der Waals surface area contributed by atoms with Crippen molar-refractivity contribution in [2.75, 3.05) is 13.2 Å². The van der Waals surface area contributed by atoms with Crippen molar-refractivity contribution in [1.29, 1.82) is 0 Å². The number of aliphatic hydroxyl groups excluding tert-OH is 1. The molecule has 2 aromatic rings. The summed E-state index contributed by atoms with van der Waals surface area (Å²) < 4.78 is 7.12. The molecule has 0 radical (unpaired) electrons. The summed E-state index contributed by atoms with van der Waals surface area (Å²) in [5.74, 6) is 0. The Morgan fingerprint density at radius 3 is 3.05 bits per heavy atom. The minimum atomic E-state index is -0.360. The van der Waals surface area contributed by atoms with Crippen molar-refractivity contribution in [3.8, 4) is 0 Å². The van der Waals surface area contributed by atoms with Gasteiger partial charge in [0.2, 0.25) is 0 Å². The molecule has 1 aromatic heterocycles. The highest BCUT2D eigenvalue weighted by molar-refractivity contribution is 9.10. The summed E-state index contributed by atoms with van der Waals surface area (Å²) in [5, 5.41) is 10.6. The van der Waals surface area contributed by atoms with Crippen LogP contribution in [0.3, 0.4) is 0 Å². The monoisotopic (exact) mass is 323 g/mol. The number of fused-ring (bicyclic) bond motifs is 3. The number of aliphatic hydroxyl groups is 1. The van der Waals surface area contributed by atoms with Crippen LogP contribution in [0.2, 0.25) is 0 Å². The number of nitrogens with one attached hydrogen (secondary N) is 1. The van der Waals surface area contributed by atoms with E-state index in [0.29, 0.717) is 6.42 Å². The summed E-state index contributed by atoms with van der Waals surface area (Å²) in [6.07, 6.45) is 2.44. The fourth-order valence-corrected chi connectivity index (χ4v) is 3.61. The van der Waals surface area contributed by atoms with Crippen LogP contribution in [0.15, 0.2) is 22.7 Å². The van der Waals surface area contributed by atoms with E-state index in [1.165, 1.54) is 10.9 Å². The lowest BCUT2D eigenvalue weighted by molar-refractivity contribution is -0.0795. The van der Waals surface area contributed by atoms with Crippen LogP contribution in [0.25, 0.3) is 10.9 Å². The van der Waals surface area contributed by atoms with Gasteiger partial charge in [-0.25, -0.2) is 0 Å². The Hall–Kier alpha value is -0.840. The Kier molecular flexibility index (Phi) is 3.41. The van der Waals surface area contributed by atoms with Gasteiger partial charge in [0, 0.05) is 22.9 Å². The molecule has 0 fully saturated rings. The van der Waals surface area contributed by atoms with Crippen LogP contribution >= 0.6 is 15.9 Å². The van der Waals surface area contributed by atoms with Gasteiger partial charge in [-0.1, -0.05) is 19.1 Å². The number of hydrogen-bond donors (Lipinski definition) is 2. The molecule has 0 saturated carbocycles. The van der Waals surface area contributed by atoms with Gasteiger partial charge in [0.25, 0.3) is 0 Å². The highest BCUT2D eigenvalue weighted by Crippen LogP contribution is 2.42. The van der Waals surface area contributed by atoms with Crippen LogP contribution in [0.4, 0.5) is 0 Å². The van der Waals surface area contributed by atoms with Crippen molar-refractivity contribution in [2.24, 2.45) is 0 Å². The SMILES string of the molecule is CC[C@]1(CCO)OCCc2c1[nH]c1c(Br)cccc21. The highest BCUT2D eigenvalue weighted by atomic mass is 79.9. The van der Waals surface area contributed by atoms with Crippen LogP contribution < -0.4 is 0 Å². The van der Waals surface area contributed by atoms with E-state index in [1.54, 1.807) is 0 Å². The van der Waals surface area contributed by atoms with Crippen molar-refractivity contribution in [2.45, 2.75) is 31.8 Å². The van der Waals surface area contributed by atoms with E-state index in [9.17, 15) is 5.11 Å². The molecule has 102 valence electrons. The second-order valence-electron chi connectivity index (χ2n) is 5.06.